The molecule has 1 aromatic rings. The molecule has 0 bridgehead atoms. The van der Waals surface area contributed by atoms with E-state index in [9.17, 15) is 18.8 Å². The van der Waals surface area contributed by atoms with Crippen molar-refractivity contribution in [1.82, 2.24) is 14.7 Å². The molecule has 1 atom stereocenters. The van der Waals surface area contributed by atoms with E-state index < -0.39 is 11.9 Å². The van der Waals surface area contributed by atoms with Crippen LogP contribution < -0.4 is 4.90 Å². The van der Waals surface area contributed by atoms with Crippen molar-refractivity contribution in [2.75, 3.05) is 50.7 Å². The van der Waals surface area contributed by atoms with Gasteiger partial charge in [0.1, 0.15) is 18.4 Å². The Balaban J connectivity index is 1.57. The van der Waals surface area contributed by atoms with E-state index in [0.717, 1.165) is 32.5 Å². The maximum atomic E-state index is 13.9. The van der Waals surface area contributed by atoms with Gasteiger partial charge in [0.2, 0.25) is 11.8 Å². The fourth-order valence-electron chi connectivity index (χ4n) is 4.57. The second kappa shape index (κ2) is 8.10. The number of hydrogen-bond acceptors (Lipinski definition) is 4. The van der Waals surface area contributed by atoms with Gasteiger partial charge in [0.05, 0.1) is 11.3 Å². The highest BCUT2D eigenvalue weighted by atomic mass is 19.1. The second-order valence-corrected chi connectivity index (χ2v) is 7.96. The topological polar surface area (TPSA) is 64.2 Å². The van der Waals surface area contributed by atoms with Crippen LogP contribution in [-0.4, -0.2) is 84.3 Å². The van der Waals surface area contributed by atoms with Crippen molar-refractivity contribution in [3.63, 3.8) is 0 Å². The van der Waals surface area contributed by atoms with Crippen LogP contribution in [0.3, 0.4) is 0 Å². The number of rotatable bonds is 4. The van der Waals surface area contributed by atoms with E-state index in [-0.39, 0.29) is 29.8 Å². The van der Waals surface area contributed by atoms with Crippen molar-refractivity contribution in [3.05, 3.63) is 29.6 Å². The summed E-state index contributed by atoms with van der Waals surface area (Å²) in [4.78, 5) is 46.2. The van der Waals surface area contributed by atoms with E-state index in [1.165, 1.54) is 28.0 Å². The highest BCUT2D eigenvalue weighted by Gasteiger charge is 2.43. The Morgan fingerprint density at radius 3 is 2.62 bits per heavy atom. The Morgan fingerprint density at radius 1 is 1.14 bits per heavy atom. The minimum atomic E-state index is -0.577. The molecule has 4 rings (SSSR count). The summed E-state index contributed by atoms with van der Waals surface area (Å²) in [7, 11) is 0. The lowest BCUT2D eigenvalue weighted by atomic mass is 10.1. The summed E-state index contributed by atoms with van der Waals surface area (Å²) in [6.45, 7) is 6.42. The Labute approximate surface area is 170 Å². The zero-order valence-electron chi connectivity index (χ0n) is 16.8. The molecule has 2 fully saturated rings. The third-order valence-electron chi connectivity index (χ3n) is 6.10. The summed E-state index contributed by atoms with van der Waals surface area (Å²) in [6, 6.07) is 3.27. The number of halogens is 1. The minimum Gasteiger partial charge on any atom is -0.339 e. The maximum absolute atomic E-state index is 13.9. The minimum absolute atomic E-state index is 0.122. The molecule has 2 saturated heterocycles. The molecule has 0 unspecified atom stereocenters. The smallest absolute Gasteiger partial charge is 0.256 e. The maximum Gasteiger partial charge on any atom is 0.256 e. The van der Waals surface area contributed by atoms with Gasteiger partial charge in [0, 0.05) is 32.7 Å². The lowest BCUT2D eigenvalue weighted by molar-refractivity contribution is -0.133. The normalized spacial score (nSPS) is 22.6. The molecule has 156 valence electrons. The number of carbonyl (C=O) groups excluding carboxylic acids is 3. The molecule has 3 aliphatic heterocycles. The van der Waals surface area contributed by atoms with Crippen LogP contribution in [0.5, 0.6) is 0 Å². The molecular formula is C21H27FN4O3. The SMILES string of the molecule is CCCN1CCN(C(=O)CN2C(=O)[C@@H]3CCCN3C(=O)c3cc(F)ccc32)CC1. The molecular weight excluding hydrogens is 375 g/mol. The fraction of sp³-hybridized carbons (Fsp3) is 0.571. The van der Waals surface area contributed by atoms with Crippen LogP contribution in [0.2, 0.25) is 0 Å². The van der Waals surface area contributed by atoms with E-state index in [2.05, 4.69) is 11.8 Å². The Bertz CT molecular complexity index is 822. The van der Waals surface area contributed by atoms with Gasteiger partial charge in [-0.25, -0.2) is 4.39 Å². The first kappa shape index (κ1) is 19.8. The van der Waals surface area contributed by atoms with Crippen LogP contribution in [0, 0.1) is 5.82 Å². The molecule has 0 aliphatic carbocycles. The molecule has 3 heterocycles. The fourth-order valence-corrected chi connectivity index (χ4v) is 4.57. The molecule has 0 aromatic heterocycles. The number of hydrogen-bond donors (Lipinski definition) is 0. The van der Waals surface area contributed by atoms with Crippen LogP contribution >= 0.6 is 0 Å². The van der Waals surface area contributed by atoms with Crippen molar-refractivity contribution in [3.8, 4) is 0 Å². The van der Waals surface area contributed by atoms with Gasteiger partial charge in [-0.05, 0) is 44.0 Å². The Hall–Kier alpha value is -2.48. The summed E-state index contributed by atoms with van der Waals surface area (Å²) in [5.41, 5.74) is 0.483. The van der Waals surface area contributed by atoms with Gasteiger partial charge in [-0.2, -0.15) is 0 Å². The van der Waals surface area contributed by atoms with Gasteiger partial charge in [0.15, 0.2) is 0 Å². The van der Waals surface area contributed by atoms with Gasteiger partial charge < -0.3 is 14.7 Å². The van der Waals surface area contributed by atoms with Gasteiger partial charge in [-0.1, -0.05) is 6.92 Å². The first-order valence-corrected chi connectivity index (χ1v) is 10.4. The molecule has 0 saturated carbocycles. The molecule has 3 amide bonds. The van der Waals surface area contributed by atoms with Gasteiger partial charge >= 0.3 is 0 Å². The summed E-state index contributed by atoms with van der Waals surface area (Å²) in [5, 5.41) is 0. The third kappa shape index (κ3) is 3.73. The summed E-state index contributed by atoms with van der Waals surface area (Å²) in [5.74, 6) is -1.25. The summed E-state index contributed by atoms with van der Waals surface area (Å²) >= 11 is 0. The van der Waals surface area contributed by atoms with Crippen molar-refractivity contribution in [1.29, 1.82) is 0 Å². The van der Waals surface area contributed by atoms with Crippen molar-refractivity contribution in [2.45, 2.75) is 32.2 Å². The largest absolute Gasteiger partial charge is 0.339 e. The predicted molar refractivity (Wildman–Crippen MR) is 106 cm³/mol. The van der Waals surface area contributed by atoms with Crippen molar-refractivity contribution >= 4 is 23.4 Å². The lowest BCUT2D eigenvalue weighted by Gasteiger charge is -2.36. The van der Waals surface area contributed by atoms with E-state index in [1.807, 2.05) is 0 Å². The van der Waals surface area contributed by atoms with Gasteiger partial charge in [-0.3, -0.25) is 19.3 Å². The first-order chi connectivity index (χ1) is 14.0. The molecule has 29 heavy (non-hydrogen) atoms. The predicted octanol–water partition coefficient (Wildman–Crippen LogP) is 1.33. The molecule has 1 aromatic carbocycles. The Kier molecular flexibility index (Phi) is 5.54. The number of benzene rings is 1. The summed E-state index contributed by atoms with van der Waals surface area (Å²) in [6.07, 6.45) is 2.38. The van der Waals surface area contributed by atoms with E-state index >= 15 is 0 Å². The number of piperazine rings is 1. The summed E-state index contributed by atoms with van der Waals surface area (Å²) < 4.78 is 13.9. The monoisotopic (exact) mass is 402 g/mol. The van der Waals surface area contributed by atoms with Gasteiger partial charge in [-0.15, -0.1) is 0 Å². The quantitative estimate of drug-likeness (QED) is 0.762. The van der Waals surface area contributed by atoms with Crippen LogP contribution in [0.25, 0.3) is 0 Å². The number of anilines is 1. The average Bonchev–Trinajstić information content (AvgIpc) is 3.19. The van der Waals surface area contributed by atoms with Crippen LogP contribution in [0.15, 0.2) is 18.2 Å². The Morgan fingerprint density at radius 2 is 1.90 bits per heavy atom. The van der Waals surface area contributed by atoms with Crippen LogP contribution in [0.1, 0.15) is 36.5 Å². The molecule has 7 nitrogen and oxygen atoms in total. The third-order valence-corrected chi connectivity index (χ3v) is 6.10. The first-order valence-electron chi connectivity index (χ1n) is 10.4. The van der Waals surface area contributed by atoms with Crippen LogP contribution in [0.4, 0.5) is 10.1 Å². The molecule has 0 spiro atoms. The van der Waals surface area contributed by atoms with Crippen molar-refractivity contribution in [2.24, 2.45) is 0 Å². The number of carbonyl (C=O) groups is 3. The van der Waals surface area contributed by atoms with Gasteiger partial charge in [0.25, 0.3) is 5.91 Å². The van der Waals surface area contributed by atoms with E-state index in [0.29, 0.717) is 31.7 Å². The number of fused-ring (bicyclic) bond motifs is 2. The lowest BCUT2D eigenvalue weighted by Crippen LogP contribution is -2.53. The number of nitrogens with zero attached hydrogens (tertiary/aromatic N) is 4. The number of amides is 3. The standard InChI is InChI=1S/C21H27FN4O3/c1-2-7-23-9-11-24(12-10-23)19(27)14-26-17-6-5-15(22)13-16(17)20(28)25-8-3-4-18(25)21(26)29/h5-6,13,18H,2-4,7-12,14H2,1H3/t18-/m0/s1. The molecule has 0 N–H and O–H groups in total. The van der Waals surface area contributed by atoms with Crippen LogP contribution in [-0.2, 0) is 9.59 Å². The van der Waals surface area contributed by atoms with E-state index in [1.54, 1.807) is 4.90 Å². The zero-order valence-corrected chi connectivity index (χ0v) is 16.8. The molecule has 0 radical (unpaired) electrons. The second-order valence-electron chi connectivity index (χ2n) is 7.96. The highest BCUT2D eigenvalue weighted by Crippen LogP contribution is 2.33. The average molecular weight is 402 g/mol. The molecule has 3 aliphatic rings. The van der Waals surface area contributed by atoms with Crippen molar-refractivity contribution < 1.29 is 18.8 Å². The zero-order chi connectivity index (χ0) is 20.5. The van der Waals surface area contributed by atoms with E-state index in [4.69, 9.17) is 0 Å². The highest BCUT2D eigenvalue weighted by molar-refractivity contribution is 6.12. The molecule has 8 heteroatoms.